The maximum absolute atomic E-state index is 3.43. The lowest BCUT2D eigenvalue weighted by atomic mass is 10.2. The van der Waals surface area contributed by atoms with Gasteiger partial charge >= 0.3 is 0 Å². The third kappa shape index (κ3) is 10.0. The minimum absolute atomic E-state index is 0.790. The van der Waals surface area contributed by atoms with Crippen LogP contribution in [0.25, 0.3) is 0 Å². The molecule has 86 valence electrons. The minimum atomic E-state index is 0.790. The Kier molecular flexibility index (Phi) is 9.42. The quantitative estimate of drug-likeness (QED) is 0.575. The van der Waals surface area contributed by atoms with E-state index in [0.717, 1.165) is 5.92 Å². The number of rotatable bonds is 9. The summed E-state index contributed by atoms with van der Waals surface area (Å²) < 4.78 is 0. The first kappa shape index (κ1) is 13.9. The van der Waals surface area contributed by atoms with Gasteiger partial charge in [0, 0.05) is 6.54 Å². The molecule has 0 aromatic rings. The second kappa shape index (κ2) is 9.47. The zero-order valence-corrected chi connectivity index (χ0v) is 10.5. The standard InChI is InChI=1S/C12H28N2/c1-5-8-13-9-6-7-10-14(4)11-12(2)3/h12-13H,5-11H2,1-4H3. The van der Waals surface area contributed by atoms with Crippen LogP contribution in [-0.2, 0) is 0 Å². The first-order chi connectivity index (χ1) is 6.66. The Morgan fingerprint density at radius 3 is 2.43 bits per heavy atom. The van der Waals surface area contributed by atoms with Gasteiger partial charge in [-0.1, -0.05) is 20.8 Å². The second-order valence-corrected chi connectivity index (χ2v) is 4.61. The largest absolute Gasteiger partial charge is 0.317 e. The van der Waals surface area contributed by atoms with Crippen molar-refractivity contribution in [2.45, 2.75) is 40.0 Å². The van der Waals surface area contributed by atoms with Crippen LogP contribution in [0.3, 0.4) is 0 Å². The molecule has 0 aliphatic carbocycles. The Morgan fingerprint density at radius 1 is 1.14 bits per heavy atom. The second-order valence-electron chi connectivity index (χ2n) is 4.61. The van der Waals surface area contributed by atoms with Crippen LogP contribution < -0.4 is 5.32 Å². The molecule has 1 N–H and O–H groups in total. The van der Waals surface area contributed by atoms with Crippen LogP contribution in [0.1, 0.15) is 40.0 Å². The first-order valence-electron chi connectivity index (χ1n) is 6.06. The molecule has 2 nitrogen and oxygen atoms in total. The zero-order chi connectivity index (χ0) is 10.8. The van der Waals surface area contributed by atoms with Crippen molar-refractivity contribution in [3.8, 4) is 0 Å². The van der Waals surface area contributed by atoms with E-state index in [-0.39, 0.29) is 0 Å². The average molecular weight is 200 g/mol. The summed E-state index contributed by atoms with van der Waals surface area (Å²) in [6.45, 7) is 11.6. The monoisotopic (exact) mass is 200 g/mol. The smallest absolute Gasteiger partial charge is 0.000133 e. The summed E-state index contributed by atoms with van der Waals surface area (Å²) in [6, 6.07) is 0. The van der Waals surface area contributed by atoms with Crippen molar-refractivity contribution in [2.24, 2.45) is 5.92 Å². The molecule has 0 unspecified atom stereocenters. The van der Waals surface area contributed by atoms with Gasteiger partial charge < -0.3 is 10.2 Å². The van der Waals surface area contributed by atoms with E-state index in [1.54, 1.807) is 0 Å². The summed E-state index contributed by atoms with van der Waals surface area (Å²) in [4.78, 5) is 2.44. The Balaban J connectivity index is 3.10. The molecule has 2 heteroatoms. The molecule has 0 rings (SSSR count). The van der Waals surface area contributed by atoms with Crippen molar-refractivity contribution in [3.05, 3.63) is 0 Å². The highest BCUT2D eigenvalue weighted by Crippen LogP contribution is 1.98. The van der Waals surface area contributed by atoms with Gasteiger partial charge in [-0.2, -0.15) is 0 Å². The van der Waals surface area contributed by atoms with Crippen molar-refractivity contribution in [1.82, 2.24) is 10.2 Å². The normalized spacial score (nSPS) is 11.6. The maximum atomic E-state index is 3.43. The third-order valence-electron chi connectivity index (χ3n) is 2.25. The van der Waals surface area contributed by atoms with E-state index in [1.165, 1.54) is 45.4 Å². The average Bonchev–Trinajstić information content (AvgIpc) is 2.10. The van der Waals surface area contributed by atoms with Crippen molar-refractivity contribution in [3.63, 3.8) is 0 Å². The first-order valence-corrected chi connectivity index (χ1v) is 6.06. The SMILES string of the molecule is CCCNCCCCN(C)CC(C)C. The Hall–Kier alpha value is -0.0800. The fourth-order valence-electron chi connectivity index (χ4n) is 1.65. The van der Waals surface area contributed by atoms with Crippen molar-refractivity contribution in [1.29, 1.82) is 0 Å². The van der Waals surface area contributed by atoms with Crippen molar-refractivity contribution < 1.29 is 0 Å². The lowest BCUT2D eigenvalue weighted by molar-refractivity contribution is 0.289. The third-order valence-corrected chi connectivity index (χ3v) is 2.25. The summed E-state index contributed by atoms with van der Waals surface area (Å²) in [6.07, 6.45) is 3.87. The van der Waals surface area contributed by atoms with E-state index in [2.05, 4.69) is 38.0 Å². The van der Waals surface area contributed by atoms with E-state index in [0.29, 0.717) is 0 Å². The van der Waals surface area contributed by atoms with Crippen molar-refractivity contribution >= 4 is 0 Å². The fraction of sp³-hybridized carbons (Fsp3) is 1.00. The molecule has 0 heterocycles. The van der Waals surface area contributed by atoms with Crippen LogP contribution in [0.15, 0.2) is 0 Å². The number of hydrogen-bond acceptors (Lipinski definition) is 2. The number of nitrogens with zero attached hydrogens (tertiary/aromatic N) is 1. The van der Waals surface area contributed by atoms with Crippen LogP contribution in [0.4, 0.5) is 0 Å². The molecular formula is C12H28N2. The highest BCUT2D eigenvalue weighted by Gasteiger charge is 2.00. The van der Waals surface area contributed by atoms with Gasteiger partial charge in [0.05, 0.1) is 0 Å². The highest BCUT2D eigenvalue weighted by atomic mass is 15.1. The van der Waals surface area contributed by atoms with Crippen LogP contribution >= 0.6 is 0 Å². The molecular weight excluding hydrogens is 172 g/mol. The molecule has 0 spiro atoms. The molecule has 0 atom stereocenters. The molecule has 0 aromatic heterocycles. The molecule has 0 aliphatic rings. The van der Waals surface area contributed by atoms with E-state index >= 15 is 0 Å². The Labute approximate surface area is 90.1 Å². The molecule has 0 aromatic carbocycles. The zero-order valence-electron chi connectivity index (χ0n) is 10.5. The van der Waals surface area contributed by atoms with Crippen molar-refractivity contribution in [2.75, 3.05) is 33.2 Å². The Morgan fingerprint density at radius 2 is 1.86 bits per heavy atom. The van der Waals surface area contributed by atoms with Gasteiger partial charge in [-0.05, 0) is 51.9 Å². The summed E-state index contributed by atoms with van der Waals surface area (Å²) in [7, 11) is 2.22. The van der Waals surface area contributed by atoms with Gasteiger partial charge in [-0.3, -0.25) is 0 Å². The molecule has 14 heavy (non-hydrogen) atoms. The van der Waals surface area contributed by atoms with Gasteiger partial charge in [0.25, 0.3) is 0 Å². The molecule has 0 fully saturated rings. The van der Waals surface area contributed by atoms with Gasteiger partial charge in [-0.15, -0.1) is 0 Å². The lowest BCUT2D eigenvalue weighted by Gasteiger charge is -2.18. The molecule has 0 amide bonds. The van der Waals surface area contributed by atoms with E-state index in [4.69, 9.17) is 0 Å². The fourth-order valence-corrected chi connectivity index (χ4v) is 1.65. The minimum Gasteiger partial charge on any atom is -0.317 e. The van der Waals surface area contributed by atoms with Gasteiger partial charge in [0.1, 0.15) is 0 Å². The van der Waals surface area contributed by atoms with Crippen LogP contribution in [0.5, 0.6) is 0 Å². The summed E-state index contributed by atoms with van der Waals surface area (Å²) in [5.41, 5.74) is 0. The van der Waals surface area contributed by atoms with E-state index in [9.17, 15) is 0 Å². The summed E-state index contributed by atoms with van der Waals surface area (Å²) in [5.74, 6) is 0.790. The van der Waals surface area contributed by atoms with Gasteiger partial charge in [0.15, 0.2) is 0 Å². The van der Waals surface area contributed by atoms with E-state index in [1.807, 2.05) is 0 Å². The molecule has 0 saturated heterocycles. The van der Waals surface area contributed by atoms with Crippen LogP contribution in [0, 0.1) is 5.92 Å². The number of unbranched alkanes of at least 4 members (excludes halogenated alkanes) is 1. The molecule has 0 radical (unpaired) electrons. The highest BCUT2D eigenvalue weighted by molar-refractivity contribution is 4.56. The topological polar surface area (TPSA) is 15.3 Å². The molecule has 0 saturated carbocycles. The number of nitrogens with one attached hydrogen (secondary N) is 1. The van der Waals surface area contributed by atoms with Gasteiger partial charge in [0.2, 0.25) is 0 Å². The molecule has 0 aliphatic heterocycles. The number of hydrogen-bond donors (Lipinski definition) is 1. The summed E-state index contributed by atoms with van der Waals surface area (Å²) >= 11 is 0. The summed E-state index contributed by atoms with van der Waals surface area (Å²) in [5, 5.41) is 3.43. The predicted octanol–water partition coefficient (Wildman–Crippen LogP) is 2.35. The van der Waals surface area contributed by atoms with Crippen LogP contribution in [-0.4, -0.2) is 38.1 Å². The van der Waals surface area contributed by atoms with Gasteiger partial charge in [-0.25, -0.2) is 0 Å². The van der Waals surface area contributed by atoms with Crippen LogP contribution in [0.2, 0.25) is 0 Å². The maximum Gasteiger partial charge on any atom is 0.000133 e. The lowest BCUT2D eigenvalue weighted by Crippen LogP contribution is -2.25. The molecule has 0 bridgehead atoms. The predicted molar refractivity (Wildman–Crippen MR) is 64.7 cm³/mol. The Bertz CT molecular complexity index is 113. The van der Waals surface area contributed by atoms with E-state index < -0.39 is 0 Å².